The van der Waals surface area contributed by atoms with Crippen LogP contribution < -0.4 is 0 Å². The average molecular weight is 963 g/mol. The predicted octanol–water partition coefficient (Wildman–Crippen LogP) is 14.6. The third-order valence-corrected chi connectivity index (χ3v) is 9.31. The van der Waals surface area contributed by atoms with E-state index in [-0.39, 0.29) is 82.6 Å². The molecule has 0 unspecified atom stereocenters. The van der Waals surface area contributed by atoms with Crippen LogP contribution in [0.5, 0.6) is 0 Å². The zero-order chi connectivity index (χ0) is 34.5. The van der Waals surface area contributed by atoms with Crippen molar-refractivity contribution < 1.29 is 33.0 Å². The number of nitrogens with zero attached hydrogens (tertiary/aromatic N) is 4. The van der Waals surface area contributed by atoms with Crippen molar-refractivity contribution in [2.75, 3.05) is 0 Å². The Labute approximate surface area is 376 Å². The average Bonchev–Trinajstić information content (AvgIpc) is 3.07. The molecule has 0 saturated heterocycles. The van der Waals surface area contributed by atoms with Crippen molar-refractivity contribution in [3.8, 4) is 22.3 Å². The van der Waals surface area contributed by atoms with Crippen LogP contribution in [0.25, 0.3) is 22.3 Å². The van der Waals surface area contributed by atoms with Gasteiger partial charge >= 0.3 is 0 Å². The van der Waals surface area contributed by atoms with Crippen molar-refractivity contribution in [1.82, 2.24) is 9.97 Å². The number of benzene rings is 3. The summed E-state index contributed by atoms with van der Waals surface area (Å²) in [4.78, 5) is 19.0. The Kier molecular flexibility index (Phi) is 24.6. The first kappa shape index (κ1) is 54.0. The minimum Gasteiger partial charge on any atom is -0.255 e. The van der Waals surface area contributed by atoms with E-state index in [9.17, 15) is 0 Å². The van der Waals surface area contributed by atoms with Crippen LogP contribution in [0.15, 0.2) is 99.6 Å². The van der Waals surface area contributed by atoms with Crippen LogP contribution in [-0.4, -0.2) is 22.4 Å². The van der Waals surface area contributed by atoms with Gasteiger partial charge in [0.15, 0.2) is 0 Å². The molecule has 2 aromatic heterocycles. The summed E-state index contributed by atoms with van der Waals surface area (Å²) in [5.74, 6) is 1.19. The van der Waals surface area contributed by atoms with E-state index in [1.165, 1.54) is 50.1 Å². The van der Waals surface area contributed by atoms with Crippen LogP contribution in [0.1, 0.15) is 118 Å². The van der Waals surface area contributed by atoms with Crippen molar-refractivity contribution in [1.29, 1.82) is 0 Å². The summed E-state index contributed by atoms with van der Waals surface area (Å²) in [5, 5.41) is 0. The molecule has 0 bridgehead atoms. The zero-order valence-corrected chi connectivity index (χ0v) is 38.8. The van der Waals surface area contributed by atoms with Crippen LogP contribution in [0.2, 0.25) is 0 Å². The molecular weight excluding hydrogens is 912 g/mol. The summed E-state index contributed by atoms with van der Waals surface area (Å²) < 4.78 is 1.06. The van der Waals surface area contributed by atoms with Gasteiger partial charge in [0.1, 0.15) is 0 Å². The Bertz CT molecular complexity index is 1770. The van der Waals surface area contributed by atoms with Gasteiger partial charge < -0.3 is 0 Å². The molecule has 0 aliphatic heterocycles. The topological polar surface area (TPSA) is 50.5 Å². The molecule has 5 rings (SSSR count). The Morgan fingerprint density at radius 1 is 0.519 bits per heavy atom. The minimum absolute atomic E-state index is 0. The molecule has 0 aliphatic carbocycles. The van der Waals surface area contributed by atoms with Gasteiger partial charge in [-0.3, -0.25) is 20.0 Å². The molecule has 0 spiro atoms. The maximum absolute atomic E-state index is 5.04. The summed E-state index contributed by atoms with van der Waals surface area (Å²) in [5.41, 5.74) is 14.9. The first-order valence-electron chi connectivity index (χ1n) is 17.0. The molecule has 3 aromatic carbocycles. The normalized spacial score (nSPS) is 10.8. The quantitative estimate of drug-likeness (QED) is 0.103. The molecule has 0 fully saturated rings. The number of rotatable bonds is 10. The van der Waals surface area contributed by atoms with E-state index in [2.05, 4.69) is 125 Å². The molecule has 54 heavy (non-hydrogen) atoms. The summed E-state index contributed by atoms with van der Waals surface area (Å²) in [7, 11) is 0. The smallest absolute Gasteiger partial charge is 0.0812 e. The fourth-order valence-electron chi connectivity index (χ4n) is 6.17. The molecule has 4 nitrogen and oxygen atoms in total. The Morgan fingerprint density at radius 2 is 0.833 bits per heavy atom. The summed E-state index contributed by atoms with van der Waals surface area (Å²) in [6.07, 6.45) is 7.39. The van der Waals surface area contributed by atoms with E-state index in [0.29, 0.717) is 23.7 Å². The third kappa shape index (κ3) is 13.0. The molecule has 0 atom stereocenters. The van der Waals surface area contributed by atoms with E-state index in [1.807, 2.05) is 61.2 Å². The standard InChI is InChI=1S/C43H47BrN4.4ClH.2Ni/c1-26(2)36-18-31(19-37(27(3)4)42(36)47-24-34-14-10-12-16-45-34)40-22-33(44)23-41(30(40)9)32-20-38(28(5)6)43(39(21-32)29(7)8)48-25-35-15-11-13-17-46-35;;;;;;/h10-29H,1-9H3;4*1H;;. The Hall–Kier alpha value is -2.07. The van der Waals surface area contributed by atoms with Gasteiger partial charge in [-0.25, -0.2) is 0 Å². The first-order valence-corrected chi connectivity index (χ1v) is 17.8. The van der Waals surface area contributed by atoms with Crippen LogP contribution in [-0.2, 0) is 33.0 Å². The van der Waals surface area contributed by atoms with Crippen LogP contribution in [0.3, 0.4) is 0 Å². The minimum atomic E-state index is 0. The van der Waals surface area contributed by atoms with Crippen molar-refractivity contribution in [3.05, 3.63) is 129 Å². The summed E-state index contributed by atoms with van der Waals surface area (Å²) in [6.45, 7) is 20.3. The van der Waals surface area contributed by atoms with Crippen molar-refractivity contribution >= 4 is 89.4 Å². The fourth-order valence-corrected chi connectivity index (χ4v) is 6.63. The number of aliphatic imine (C=N–C) groups is 2. The molecule has 0 amide bonds. The van der Waals surface area contributed by atoms with Crippen molar-refractivity contribution in [2.45, 2.75) is 86.0 Å². The van der Waals surface area contributed by atoms with E-state index in [1.54, 1.807) is 0 Å². The predicted molar refractivity (Wildman–Crippen MR) is 238 cm³/mol. The molecule has 5 aromatic rings. The first-order chi connectivity index (χ1) is 22.9. The van der Waals surface area contributed by atoms with Gasteiger partial charge in [0, 0.05) is 49.8 Å². The molecule has 2 heterocycles. The van der Waals surface area contributed by atoms with E-state index in [0.717, 1.165) is 27.2 Å². The van der Waals surface area contributed by atoms with Crippen molar-refractivity contribution in [3.63, 3.8) is 0 Å². The number of pyridine rings is 2. The summed E-state index contributed by atoms with van der Waals surface area (Å²) in [6, 6.07) is 25.7. The summed E-state index contributed by atoms with van der Waals surface area (Å²) >= 11 is 3.90. The van der Waals surface area contributed by atoms with Crippen LogP contribution in [0.4, 0.5) is 11.4 Å². The molecule has 0 aliphatic rings. The second kappa shape index (κ2) is 24.5. The van der Waals surface area contributed by atoms with Gasteiger partial charge in [-0.1, -0.05) is 83.5 Å². The van der Waals surface area contributed by atoms with E-state index in [4.69, 9.17) is 9.98 Å². The number of hydrogen-bond acceptors (Lipinski definition) is 4. The Morgan fingerprint density at radius 3 is 1.09 bits per heavy atom. The van der Waals surface area contributed by atoms with Crippen LogP contribution >= 0.6 is 65.6 Å². The Balaban J connectivity index is 0. The molecule has 298 valence electrons. The van der Waals surface area contributed by atoms with E-state index < -0.39 is 0 Å². The number of hydrogen-bond donors (Lipinski definition) is 0. The number of halogens is 5. The van der Waals surface area contributed by atoms with Gasteiger partial charge in [-0.05, 0) is 141 Å². The molecule has 0 saturated carbocycles. The van der Waals surface area contributed by atoms with Gasteiger partial charge in [0.05, 0.1) is 35.2 Å². The second-order valence-electron chi connectivity index (χ2n) is 13.8. The van der Waals surface area contributed by atoms with Gasteiger partial charge in [-0.15, -0.1) is 49.6 Å². The van der Waals surface area contributed by atoms with Gasteiger partial charge in [0.25, 0.3) is 0 Å². The molecule has 0 radical (unpaired) electrons. The number of aromatic nitrogens is 2. The zero-order valence-electron chi connectivity index (χ0n) is 32.0. The third-order valence-electron chi connectivity index (χ3n) is 8.85. The second-order valence-corrected chi connectivity index (χ2v) is 14.7. The van der Waals surface area contributed by atoms with Crippen LogP contribution in [0, 0.1) is 6.92 Å². The van der Waals surface area contributed by atoms with Gasteiger partial charge in [-0.2, -0.15) is 0 Å². The SMILES string of the molecule is Cc1c(-c2cc(C(C)C)c(N=Cc3ccccn3)c(C(C)C)c2)cc(Br)cc1-c1cc(C(C)C)c(N=Cc2ccccn2)c(C(C)C)c1.Cl.Cl.Cl.Cl.[Ni].[Ni]. The monoisotopic (exact) mass is 958 g/mol. The molecule has 11 heteroatoms. The van der Waals surface area contributed by atoms with E-state index >= 15 is 0 Å². The maximum atomic E-state index is 5.04. The molecular formula is C43H51BrCl4N4Ni2. The fraction of sp³-hybridized carbons (Fsp3) is 0.302. The largest absolute Gasteiger partial charge is 0.255 e. The van der Waals surface area contributed by atoms with Crippen molar-refractivity contribution in [2.24, 2.45) is 9.98 Å². The molecule has 0 N–H and O–H groups in total. The maximum Gasteiger partial charge on any atom is 0.0812 e. The van der Waals surface area contributed by atoms with Gasteiger partial charge in [0.2, 0.25) is 0 Å².